The minimum absolute atomic E-state index is 0.600. The molecule has 3 rings (SSSR count). The number of hydrogen-bond donors (Lipinski definition) is 1. The SMILES string of the molecule is CN1CCC(C(=O)O)(c2cccc(Oc3ccc(Cl)cc3)c2)CC1. The van der Waals surface area contributed by atoms with Crippen LogP contribution in [0.25, 0.3) is 0 Å². The molecule has 0 unspecified atom stereocenters. The molecule has 24 heavy (non-hydrogen) atoms. The molecule has 4 nitrogen and oxygen atoms in total. The highest BCUT2D eigenvalue weighted by atomic mass is 35.5. The van der Waals surface area contributed by atoms with Crippen molar-refractivity contribution in [2.24, 2.45) is 0 Å². The number of carboxylic acids is 1. The Balaban J connectivity index is 1.88. The second-order valence-electron chi connectivity index (χ2n) is 6.27. The van der Waals surface area contributed by atoms with Crippen LogP contribution < -0.4 is 4.74 Å². The van der Waals surface area contributed by atoms with E-state index in [1.807, 2.05) is 31.3 Å². The van der Waals surface area contributed by atoms with E-state index in [1.165, 1.54) is 0 Å². The third-order valence-electron chi connectivity index (χ3n) is 4.69. The van der Waals surface area contributed by atoms with Crippen molar-refractivity contribution in [2.45, 2.75) is 18.3 Å². The average Bonchev–Trinajstić information content (AvgIpc) is 2.58. The van der Waals surface area contributed by atoms with Crippen LogP contribution in [0.5, 0.6) is 11.5 Å². The zero-order valence-electron chi connectivity index (χ0n) is 13.5. The third-order valence-corrected chi connectivity index (χ3v) is 4.94. The number of piperidine rings is 1. The fraction of sp³-hybridized carbons (Fsp3) is 0.316. The molecule has 0 aromatic heterocycles. The molecule has 2 aromatic carbocycles. The smallest absolute Gasteiger partial charge is 0.314 e. The van der Waals surface area contributed by atoms with Gasteiger partial charge in [0.15, 0.2) is 0 Å². The maximum absolute atomic E-state index is 12.0. The molecule has 1 aliphatic rings. The zero-order valence-corrected chi connectivity index (χ0v) is 14.3. The highest BCUT2D eigenvalue weighted by molar-refractivity contribution is 6.30. The largest absolute Gasteiger partial charge is 0.481 e. The summed E-state index contributed by atoms with van der Waals surface area (Å²) in [6, 6.07) is 14.5. The van der Waals surface area contributed by atoms with E-state index in [9.17, 15) is 9.90 Å². The van der Waals surface area contributed by atoms with Gasteiger partial charge in [-0.05, 0) is 74.9 Å². The number of rotatable bonds is 4. The van der Waals surface area contributed by atoms with Crippen LogP contribution in [0, 0.1) is 0 Å². The Labute approximate surface area is 146 Å². The van der Waals surface area contributed by atoms with Gasteiger partial charge in [-0.3, -0.25) is 4.79 Å². The maximum Gasteiger partial charge on any atom is 0.314 e. The molecule has 0 saturated carbocycles. The summed E-state index contributed by atoms with van der Waals surface area (Å²) in [7, 11) is 2.02. The van der Waals surface area contributed by atoms with E-state index in [0.717, 1.165) is 18.7 Å². The van der Waals surface area contributed by atoms with Gasteiger partial charge in [-0.15, -0.1) is 0 Å². The minimum Gasteiger partial charge on any atom is -0.481 e. The summed E-state index contributed by atoms with van der Waals surface area (Å²) in [5.41, 5.74) is -0.0409. The highest BCUT2D eigenvalue weighted by Gasteiger charge is 2.42. The van der Waals surface area contributed by atoms with Crippen molar-refractivity contribution in [1.82, 2.24) is 4.90 Å². The molecule has 1 aliphatic heterocycles. The molecule has 1 saturated heterocycles. The van der Waals surface area contributed by atoms with Gasteiger partial charge in [-0.1, -0.05) is 23.7 Å². The van der Waals surface area contributed by atoms with Crippen molar-refractivity contribution in [3.8, 4) is 11.5 Å². The predicted octanol–water partition coefficient (Wildman–Crippen LogP) is 4.18. The van der Waals surface area contributed by atoms with Gasteiger partial charge in [0.05, 0.1) is 5.41 Å². The normalized spacial score (nSPS) is 17.4. The van der Waals surface area contributed by atoms with Crippen molar-refractivity contribution < 1.29 is 14.6 Å². The first-order valence-electron chi connectivity index (χ1n) is 7.95. The van der Waals surface area contributed by atoms with E-state index < -0.39 is 11.4 Å². The standard InChI is InChI=1S/C19H20ClNO3/c1-21-11-9-19(10-12-21,18(22)23)14-3-2-4-17(13-14)24-16-7-5-15(20)6-8-16/h2-8,13H,9-12H2,1H3,(H,22,23). The van der Waals surface area contributed by atoms with Crippen molar-refractivity contribution in [3.05, 3.63) is 59.1 Å². The van der Waals surface area contributed by atoms with Gasteiger partial charge in [0.2, 0.25) is 0 Å². The number of carboxylic acid groups (broad SMARTS) is 1. The highest BCUT2D eigenvalue weighted by Crippen LogP contribution is 2.37. The Kier molecular flexibility index (Phi) is 4.78. The van der Waals surface area contributed by atoms with Crippen LogP contribution in [0.4, 0.5) is 0 Å². The van der Waals surface area contributed by atoms with Crippen molar-refractivity contribution in [1.29, 1.82) is 0 Å². The molecule has 1 N–H and O–H groups in total. The summed E-state index contributed by atoms with van der Waals surface area (Å²) in [4.78, 5) is 14.2. The van der Waals surface area contributed by atoms with Gasteiger partial charge in [-0.25, -0.2) is 0 Å². The Morgan fingerprint density at radius 3 is 2.42 bits per heavy atom. The van der Waals surface area contributed by atoms with Crippen LogP contribution in [-0.2, 0) is 10.2 Å². The van der Waals surface area contributed by atoms with Crippen molar-refractivity contribution >= 4 is 17.6 Å². The average molecular weight is 346 g/mol. The quantitative estimate of drug-likeness (QED) is 0.903. The number of aliphatic carboxylic acids is 1. The first kappa shape index (κ1) is 16.8. The molecule has 126 valence electrons. The molecule has 0 bridgehead atoms. The van der Waals surface area contributed by atoms with Gasteiger partial charge >= 0.3 is 5.97 Å². The van der Waals surface area contributed by atoms with Gasteiger partial charge in [0.1, 0.15) is 11.5 Å². The molecule has 2 aromatic rings. The van der Waals surface area contributed by atoms with E-state index in [4.69, 9.17) is 16.3 Å². The Morgan fingerprint density at radius 1 is 1.12 bits per heavy atom. The van der Waals surface area contributed by atoms with E-state index >= 15 is 0 Å². The van der Waals surface area contributed by atoms with Crippen LogP contribution in [0.15, 0.2) is 48.5 Å². The van der Waals surface area contributed by atoms with Gasteiger partial charge in [0, 0.05) is 5.02 Å². The molecule has 0 aliphatic carbocycles. The van der Waals surface area contributed by atoms with E-state index in [2.05, 4.69) is 4.90 Å². The lowest BCUT2D eigenvalue weighted by atomic mass is 9.73. The van der Waals surface area contributed by atoms with Crippen molar-refractivity contribution in [3.63, 3.8) is 0 Å². The molecule has 0 amide bonds. The van der Waals surface area contributed by atoms with Crippen molar-refractivity contribution in [2.75, 3.05) is 20.1 Å². The van der Waals surface area contributed by atoms with Crippen LogP contribution in [0.3, 0.4) is 0 Å². The number of likely N-dealkylation sites (tertiary alicyclic amines) is 1. The molecular formula is C19H20ClNO3. The number of benzene rings is 2. The number of ether oxygens (including phenoxy) is 1. The number of hydrogen-bond acceptors (Lipinski definition) is 3. The van der Waals surface area contributed by atoms with Crippen LogP contribution in [0.1, 0.15) is 18.4 Å². The number of nitrogens with zero attached hydrogens (tertiary/aromatic N) is 1. The second-order valence-corrected chi connectivity index (χ2v) is 6.71. The first-order valence-corrected chi connectivity index (χ1v) is 8.33. The predicted molar refractivity (Wildman–Crippen MR) is 94.0 cm³/mol. The summed E-state index contributed by atoms with van der Waals surface area (Å²) in [6.45, 7) is 1.54. The summed E-state index contributed by atoms with van der Waals surface area (Å²) in [5, 5.41) is 10.5. The molecule has 0 radical (unpaired) electrons. The monoisotopic (exact) mass is 345 g/mol. The van der Waals surface area contributed by atoms with Gasteiger partial charge in [-0.2, -0.15) is 0 Å². The van der Waals surface area contributed by atoms with E-state index in [0.29, 0.717) is 29.4 Å². The van der Waals surface area contributed by atoms with Crippen LogP contribution in [-0.4, -0.2) is 36.1 Å². The lowest BCUT2D eigenvalue weighted by Crippen LogP contribution is -2.46. The summed E-state index contributed by atoms with van der Waals surface area (Å²) in [5.74, 6) is 0.540. The topological polar surface area (TPSA) is 49.8 Å². The Hall–Kier alpha value is -2.04. The van der Waals surface area contributed by atoms with Gasteiger partial charge < -0.3 is 14.7 Å². The molecule has 0 atom stereocenters. The maximum atomic E-state index is 12.0. The fourth-order valence-electron chi connectivity index (χ4n) is 3.12. The summed E-state index contributed by atoms with van der Waals surface area (Å²) >= 11 is 5.88. The van der Waals surface area contributed by atoms with E-state index in [1.54, 1.807) is 24.3 Å². The third kappa shape index (κ3) is 3.40. The van der Waals surface area contributed by atoms with Crippen LogP contribution in [0.2, 0.25) is 5.02 Å². The van der Waals surface area contributed by atoms with Gasteiger partial charge in [0.25, 0.3) is 0 Å². The van der Waals surface area contributed by atoms with Crippen LogP contribution >= 0.6 is 11.6 Å². The number of halogens is 1. The lowest BCUT2D eigenvalue weighted by molar-refractivity contribution is -0.145. The van der Waals surface area contributed by atoms with E-state index in [-0.39, 0.29) is 0 Å². The molecule has 5 heteroatoms. The lowest BCUT2D eigenvalue weighted by Gasteiger charge is -2.37. The first-order chi connectivity index (χ1) is 11.5. The minimum atomic E-state index is -0.841. The molecule has 1 heterocycles. The molecule has 0 spiro atoms. The Bertz CT molecular complexity index is 722. The molecule has 1 fully saturated rings. The second kappa shape index (κ2) is 6.83. The zero-order chi connectivity index (χ0) is 17.2. The number of carbonyl (C=O) groups is 1. The molecular weight excluding hydrogens is 326 g/mol. The summed E-state index contributed by atoms with van der Waals surface area (Å²) < 4.78 is 5.85. The Morgan fingerprint density at radius 2 is 1.79 bits per heavy atom. The summed E-state index contributed by atoms with van der Waals surface area (Å²) in [6.07, 6.45) is 1.20. The fourth-order valence-corrected chi connectivity index (χ4v) is 3.25.